The molecule has 24 heavy (non-hydrogen) atoms. The lowest BCUT2D eigenvalue weighted by Gasteiger charge is -2.35. The van der Waals surface area contributed by atoms with Crippen molar-refractivity contribution in [2.45, 2.75) is 0 Å². The number of carbonyl (C=O) groups is 1. The number of carbonyl (C=O) groups excluding carboxylic acids is 1. The lowest BCUT2D eigenvalue weighted by atomic mass is 10.2. The monoisotopic (exact) mass is 360 g/mol. The van der Waals surface area contributed by atoms with Crippen LogP contribution in [0.4, 0.5) is 5.69 Å². The lowest BCUT2D eigenvalue weighted by Crippen LogP contribution is -2.48. The molecule has 0 bridgehead atoms. The van der Waals surface area contributed by atoms with Gasteiger partial charge in [-0.05, 0) is 42.0 Å². The first-order chi connectivity index (χ1) is 11.6. The fraction of sp³-hybridized carbons (Fsp3) is 0.211. The molecule has 2 aromatic rings. The molecular formula is C19H18Cl2N2O. The number of benzene rings is 2. The van der Waals surface area contributed by atoms with Crippen molar-refractivity contribution in [3.63, 3.8) is 0 Å². The number of hydrogen-bond donors (Lipinski definition) is 0. The van der Waals surface area contributed by atoms with Crippen LogP contribution in [0.5, 0.6) is 0 Å². The van der Waals surface area contributed by atoms with E-state index >= 15 is 0 Å². The van der Waals surface area contributed by atoms with E-state index in [9.17, 15) is 4.79 Å². The molecule has 1 aliphatic rings. The Hall–Kier alpha value is -1.97. The Morgan fingerprint density at radius 3 is 2.25 bits per heavy atom. The highest BCUT2D eigenvalue weighted by molar-refractivity contribution is 6.31. The molecule has 0 spiro atoms. The average molecular weight is 361 g/mol. The molecule has 1 amide bonds. The zero-order valence-electron chi connectivity index (χ0n) is 13.2. The van der Waals surface area contributed by atoms with Crippen LogP contribution in [0.25, 0.3) is 6.08 Å². The van der Waals surface area contributed by atoms with Gasteiger partial charge in [0.05, 0.1) is 0 Å². The van der Waals surface area contributed by atoms with Crippen molar-refractivity contribution in [1.29, 1.82) is 0 Å². The first-order valence-corrected chi connectivity index (χ1v) is 8.60. The molecule has 0 atom stereocenters. The molecule has 0 radical (unpaired) electrons. The SMILES string of the molecule is O=C(C=Cc1cccc(Cl)c1)N1CCN(c2cccc(Cl)c2)CC1. The summed E-state index contributed by atoms with van der Waals surface area (Å²) in [5, 5.41) is 1.40. The number of nitrogens with zero attached hydrogens (tertiary/aromatic N) is 2. The van der Waals surface area contributed by atoms with Crippen molar-refractivity contribution in [2.75, 3.05) is 31.1 Å². The van der Waals surface area contributed by atoms with Crippen LogP contribution in [0.1, 0.15) is 5.56 Å². The topological polar surface area (TPSA) is 23.6 Å². The third-order valence-electron chi connectivity index (χ3n) is 4.03. The molecule has 2 aromatic carbocycles. The van der Waals surface area contributed by atoms with Gasteiger partial charge in [0, 0.05) is 48.0 Å². The van der Waals surface area contributed by atoms with Gasteiger partial charge >= 0.3 is 0 Å². The van der Waals surface area contributed by atoms with Crippen molar-refractivity contribution in [3.8, 4) is 0 Å². The second-order valence-electron chi connectivity index (χ2n) is 5.68. The maximum Gasteiger partial charge on any atom is 0.246 e. The molecule has 124 valence electrons. The highest BCUT2D eigenvalue weighted by atomic mass is 35.5. The van der Waals surface area contributed by atoms with Gasteiger partial charge in [0.2, 0.25) is 5.91 Å². The summed E-state index contributed by atoms with van der Waals surface area (Å²) in [6, 6.07) is 15.3. The summed E-state index contributed by atoms with van der Waals surface area (Å²) in [6.07, 6.45) is 3.41. The molecule has 0 aliphatic carbocycles. The Kier molecular flexibility index (Phi) is 5.44. The third-order valence-corrected chi connectivity index (χ3v) is 4.50. The number of amides is 1. The summed E-state index contributed by atoms with van der Waals surface area (Å²) >= 11 is 12.0. The number of piperazine rings is 1. The van der Waals surface area contributed by atoms with Gasteiger partial charge in [-0.2, -0.15) is 0 Å². The lowest BCUT2D eigenvalue weighted by molar-refractivity contribution is -0.126. The van der Waals surface area contributed by atoms with Gasteiger partial charge in [-0.15, -0.1) is 0 Å². The predicted octanol–water partition coefficient (Wildman–Crippen LogP) is 4.36. The molecule has 1 fully saturated rings. The summed E-state index contributed by atoms with van der Waals surface area (Å²) in [6.45, 7) is 3.00. The van der Waals surface area contributed by atoms with Crippen LogP contribution < -0.4 is 4.90 Å². The first kappa shape index (κ1) is 16.9. The fourth-order valence-electron chi connectivity index (χ4n) is 2.74. The van der Waals surface area contributed by atoms with Gasteiger partial charge in [-0.1, -0.05) is 41.4 Å². The highest BCUT2D eigenvalue weighted by Gasteiger charge is 2.19. The zero-order valence-corrected chi connectivity index (χ0v) is 14.7. The predicted molar refractivity (Wildman–Crippen MR) is 101 cm³/mol. The molecule has 1 saturated heterocycles. The minimum Gasteiger partial charge on any atom is -0.368 e. The maximum atomic E-state index is 12.3. The van der Waals surface area contributed by atoms with E-state index in [-0.39, 0.29) is 5.91 Å². The minimum atomic E-state index is 0.0284. The summed E-state index contributed by atoms with van der Waals surface area (Å²) in [5.74, 6) is 0.0284. The third kappa shape index (κ3) is 4.31. The molecule has 0 unspecified atom stereocenters. The van der Waals surface area contributed by atoms with Gasteiger partial charge in [-0.3, -0.25) is 4.79 Å². The Bertz CT molecular complexity index is 753. The molecule has 0 N–H and O–H groups in total. The zero-order chi connectivity index (χ0) is 16.9. The molecule has 3 rings (SSSR count). The van der Waals surface area contributed by atoms with Crippen LogP contribution in [-0.4, -0.2) is 37.0 Å². The van der Waals surface area contributed by atoms with E-state index in [0.29, 0.717) is 18.1 Å². The minimum absolute atomic E-state index is 0.0284. The van der Waals surface area contributed by atoms with E-state index < -0.39 is 0 Å². The second-order valence-corrected chi connectivity index (χ2v) is 6.55. The molecule has 0 aromatic heterocycles. The van der Waals surface area contributed by atoms with Gasteiger partial charge < -0.3 is 9.80 Å². The maximum absolute atomic E-state index is 12.3. The van der Waals surface area contributed by atoms with E-state index in [1.54, 1.807) is 12.2 Å². The van der Waals surface area contributed by atoms with Crippen LogP contribution in [0.15, 0.2) is 54.6 Å². The van der Waals surface area contributed by atoms with E-state index in [4.69, 9.17) is 23.2 Å². The van der Waals surface area contributed by atoms with Crippen LogP contribution in [-0.2, 0) is 4.79 Å². The molecular weight excluding hydrogens is 343 g/mol. The van der Waals surface area contributed by atoms with Gasteiger partial charge in [0.15, 0.2) is 0 Å². The Morgan fingerprint density at radius 2 is 1.58 bits per heavy atom. The molecule has 5 heteroatoms. The van der Waals surface area contributed by atoms with Crippen molar-refractivity contribution in [2.24, 2.45) is 0 Å². The van der Waals surface area contributed by atoms with Crippen LogP contribution in [0.3, 0.4) is 0 Å². The summed E-state index contributed by atoms with van der Waals surface area (Å²) in [7, 11) is 0. The van der Waals surface area contributed by atoms with Gasteiger partial charge in [0.25, 0.3) is 0 Å². The van der Waals surface area contributed by atoms with Crippen LogP contribution in [0, 0.1) is 0 Å². The van der Waals surface area contributed by atoms with Crippen molar-refractivity contribution >= 4 is 40.9 Å². The number of hydrogen-bond acceptors (Lipinski definition) is 2. The van der Waals surface area contributed by atoms with Gasteiger partial charge in [0.1, 0.15) is 0 Å². The van der Waals surface area contributed by atoms with Crippen molar-refractivity contribution in [1.82, 2.24) is 4.90 Å². The highest BCUT2D eigenvalue weighted by Crippen LogP contribution is 2.21. The van der Waals surface area contributed by atoms with Crippen LogP contribution in [0.2, 0.25) is 10.0 Å². The Morgan fingerprint density at radius 1 is 0.917 bits per heavy atom. The van der Waals surface area contributed by atoms with E-state index in [1.165, 1.54) is 0 Å². The van der Waals surface area contributed by atoms with Gasteiger partial charge in [-0.25, -0.2) is 0 Å². The molecule has 1 aliphatic heterocycles. The summed E-state index contributed by atoms with van der Waals surface area (Å²) in [4.78, 5) is 16.4. The number of anilines is 1. The normalized spacial score (nSPS) is 15.1. The molecule has 3 nitrogen and oxygen atoms in total. The smallest absolute Gasteiger partial charge is 0.246 e. The van der Waals surface area contributed by atoms with Crippen LogP contribution >= 0.6 is 23.2 Å². The van der Waals surface area contributed by atoms with E-state index in [0.717, 1.165) is 29.4 Å². The summed E-state index contributed by atoms with van der Waals surface area (Å²) < 4.78 is 0. The Labute approximate surface area is 152 Å². The van der Waals surface area contributed by atoms with Crippen molar-refractivity contribution in [3.05, 3.63) is 70.2 Å². The quantitative estimate of drug-likeness (QED) is 0.759. The van der Waals surface area contributed by atoms with Crippen molar-refractivity contribution < 1.29 is 4.79 Å². The fourth-order valence-corrected chi connectivity index (χ4v) is 3.12. The Balaban J connectivity index is 1.57. The summed E-state index contributed by atoms with van der Waals surface area (Å²) in [5.41, 5.74) is 2.03. The largest absolute Gasteiger partial charge is 0.368 e. The van der Waals surface area contributed by atoms with E-state index in [2.05, 4.69) is 4.90 Å². The second kappa shape index (κ2) is 7.73. The average Bonchev–Trinajstić information content (AvgIpc) is 2.60. The molecule has 1 heterocycles. The van der Waals surface area contributed by atoms with E-state index in [1.807, 2.05) is 53.4 Å². The molecule has 0 saturated carbocycles. The standard InChI is InChI=1S/C19H18Cl2N2O/c20-16-4-1-3-15(13-16)7-8-19(24)23-11-9-22(10-12-23)18-6-2-5-17(21)14-18/h1-8,13-14H,9-12H2. The number of rotatable bonds is 3. The number of halogens is 2. The first-order valence-electron chi connectivity index (χ1n) is 7.85.